The molecule has 0 bridgehead atoms. The Morgan fingerprint density at radius 1 is 1.50 bits per heavy atom. The number of nitrogen functional groups attached to an aromatic ring is 1. The average molecular weight is 234 g/mol. The third-order valence-electron chi connectivity index (χ3n) is 3.01. The van der Waals surface area contributed by atoms with Gasteiger partial charge in [0.1, 0.15) is 5.82 Å². The number of hydrogen-bond donors (Lipinski definition) is 1. The van der Waals surface area contributed by atoms with Gasteiger partial charge in [0.2, 0.25) is 0 Å². The van der Waals surface area contributed by atoms with Gasteiger partial charge in [-0.3, -0.25) is 0 Å². The lowest BCUT2D eigenvalue weighted by atomic mass is 10.2. The van der Waals surface area contributed by atoms with Crippen LogP contribution in [0.5, 0.6) is 0 Å². The standard InChI is InChI=1S/C11H14N4S/c1-2-7-6-8(10(12)16-7)11-14-13-9-4-3-5-15(9)11/h6H,2-5,12H2,1H3. The SMILES string of the molecule is CCc1cc(-c2nnc3n2CCC3)c(N)s1. The number of aryl methyl sites for hydroxylation is 2. The molecule has 3 rings (SSSR count). The molecule has 2 aromatic rings. The number of nitrogens with zero attached hydrogens (tertiary/aromatic N) is 3. The number of aromatic nitrogens is 3. The summed E-state index contributed by atoms with van der Waals surface area (Å²) in [7, 11) is 0. The predicted molar refractivity (Wildman–Crippen MR) is 65.4 cm³/mol. The molecule has 0 saturated carbocycles. The predicted octanol–water partition coefficient (Wildman–Crippen LogP) is 2.10. The van der Waals surface area contributed by atoms with Gasteiger partial charge in [0.05, 0.1) is 10.6 Å². The van der Waals surface area contributed by atoms with Gasteiger partial charge in [-0.2, -0.15) is 0 Å². The fraction of sp³-hybridized carbons (Fsp3) is 0.455. The summed E-state index contributed by atoms with van der Waals surface area (Å²) < 4.78 is 2.19. The van der Waals surface area contributed by atoms with Crippen LogP contribution in [0.4, 0.5) is 5.00 Å². The van der Waals surface area contributed by atoms with Crippen molar-refractivity contribution in [1.29, 1.82) is 0 Å². The van der Waals surface area contributed by atoms with Crippen molar-refractivity contribution in [3.05, 3.63) is 16.8 Å². The molecule has 0 unspecified atom stereocenters. The van der Waals surface area contributed by atoms with E-state index in [0.29, 0.717) is 0 Å². The minimum Gasteiger partial charge on any atom is -0.390 e. The van der Waals surface area contributed by atoms with Crippen molar-refractivity contribution >= 4 is 16.3 Å². The van der Waals surface area contributed by atoms with E-state index in [4.69, 9.17) is 5.73 Å². The van der Waals surface area contributed by atoms with Crippen LogP contribution in [0.1, 0.15) is 24.0 Å². The molecular formula is C11H14N4S. The molecule has 84 valence electrons. The molecule has 2 N–H and O–H groups in total. The molecule has 4 nitrogen and oxygen atoms in total. The third kappa shape index (κ3) is 1.35. The van der Waals surface area contributed by atoms with Gasteiger partial charge in [-0.15, -0.1) is 21.5 Å². The molecule has 0 spiro atoms. The molecule has 5 heteroatoms. The first-order chi connectivity index (χ1) is 7.79. The van der Waals surface area contributed by atoms with Crippen LogP contribution < -0.4 is 5.73 Å². The maximum absolute atomic E-state index is 6.04. The van der Waals surface area contributed by atoms with E-state index in [2.05, 4.69) is 27.8 Å². The second kappa shape index (κ2) is 3.59. The third-order valence-corrected chi connectivity index (χ3v) is 4.12. The minimum atomic E-state index is 0.860. The monoisotopic (exact) mass is 234 g/mol. The Kier molecular flexibility index (Phi) is 2.21. The number of nitrogens with two attached hydrogens (primary N) is 1. The fourth-order valence-electron chi connectivity index (χ4n) is 2.16. The van der Waals surface area contributed by atoms with E-state index < -0.39 is 0 Å². The average Bonchev–Trinajstić information content (AvgIpc) is 2.91. The Bertz CT molecular complexity index is 526. The van der Waals surface area contributed by atoms with Crippen LogP contribution >= 0.6 is 11.3 Å². The summed E-state index contributed by atoms with van der Waals surface area (Å²) in [5.41, 5.74) is 7.10. The Morgan fingerprint density at radius 3 is 3.12 bits per heavy atom. The lowest BCUT2D eigenvalue weighted by Crippen LogP contribution is -1.97. The zero-order valence-electron chi connectivity index (χ0n) is 9.23. The summed E-state index contributed by atoms with van der Waals surface area (Å²) in [6.07, 6.45) is 3.23. The molecule has 0 atom stereocenters. The Balaban J connectivity index is 2.11. The topological polar surface area (TPSA) is 56.7 Å². The summed E-state index contributed by atoms with van der Waals surface area (Å²) in [5.74, 6) is 2.04. The van der Waals surface area contributed by atoms with E-state index in [1.54, 1.807) is 11.3 Å². The van der Waals surface area contributed by atoms with Gasteiger partial charge in [0.15, 0.2) is 5.82 Å². The van der Waals surface area contributed by atoms with Gasteiger partial charge in [-0.25, -0.2) is 0 Å². The van der Waals surface area contributed by atoms with Gasteiger partial charge >= 0.3 is 0 Å². The van der Waals surface area contributed by atoms with Crippen LogP contribution in [-0.4, -0.2) is 14.8 Å². The van der Waals surface area contributed by atoms with E-state index in [9.17, 15) is 0 Å². The lowest BCUT2D eigenvalue weighted by molar-refractivity contribution is 0.749. The van der Waals surface area contributed by atoms with Crippen LogP contribution in [0.2, 0.25) is 0 Å². The van der Waals surface area contributed by atoms with Gasteiger partial charge < -0.3 is 10.3 Å². The minimum absolute atomic E-state index is 0.860. The molecule has 0 radical (unpaired) electrons. The highest BCUT2D eigenvalue weighted by Crippen LogP contribution is 2.34. The number of rotatable bonds is 2. The molecule has 0 aromatic carbocycles. The largest absolute Gasteiger partial charge is 0.390 e. The molecule has 3 heterocycles. The van der Waals surface area contributed by atoms with Crippen molar-refractivity contribution in [3.8, 4) is 11.4 Å². The molecule has 16 heavy (non-hydrogen) atoms. The van der Waals surface area contributed by atoms with E-state index in [-0.39, 0.29) is 0 Å². The number of hydrogen-bond acceptors (Lipinski definition) is 4. The van der Waals surface area contributed by atoms with Gasteiger partial charge in [0.25, 0.3) is 0 Å². The summed E-state index contributed by atoms with van der Waals surface area (Å²) in [5, 5.41) is 9.33. The first kappa shape index (κ1) is 9.84. The van der Waals surface area contributed by atoms with Gasteiger partial charge in [0, 0.05) is 17.8 Å². The molecule has 2 aromatic heterocycles. The summed E-state index contributed by atoms with van der Waals surface area (Å²) in [6.45, 7) is 3.16. The zero-order chi connectivity index (χ0) is 11.1. The molecule has 0 aliphatic carbocycles. The smallest absolute Gasteiger partial charge is 0.166 e. The summed E-state index contributed by atoms with van der Waals surface area (Å²) in [4.78, 5) is 1.31. The van der Waals surface area contributed by atoms with Gasteiger partial charge in [-0.05, 0) is 18.9 Å². The Hall–Kier alpha value is -1.36. The van der Waals surface area contributed by atoms with Crippen molar-refractivity contribution in [2.45, 2.75) is 32.7 Å². The maximum atomic E-state index is 6.04. The number of thiophene rings is 1. The van der Waals surface area contributed by atoms with Crippen LogP contribution in [0.25, 0.3) is 11.4 Å². The molecule has 0 fully saturated rings. The van der Waals surface area contributed by atoms with Crippen molar-refractivity contribution in [2.24, 2.45) is 0 Å². The van der Waals surface area contributed by atoms with Crippen molar-refractivity contribution in [2.75, 3.05) is 5.73 Å². The number of fused-ring (bicyclic) bond motifs is 1. The first-order valence-corrected chi connectivity index (χ1v) is 6.42. The quantitative estimate of drug-likeness (QED) is 0.865. The lowest BCUT2D eigenvalue weighted by Gasteiger charge is -2.00. The zero-order valence-corrected chi connectivity index (χ0v) is 10.0. The Morgan fingerprint density at radius 2 is 2.38 bits per heavy atom. The second-order valence-electron chi connectivity index (χ2n) is 4.04. The van der Waals surface area contributed by atoms with E-state index in [1.165, 1.54) is 11.3 Å². The van der Waals surface area contributed by atoms with Crippen LogP contribution in [0.15, 0.2) is 6.07 Å². The fourth-order valence-corrected chi connectivity index (χ4v) is 3.02. The highest BCUT2D eigenvalue weighted by atomic mass is 32.1. The van der Waals surface area contributed by atoms with Crippen molar-refractivity contribution in [3.63, 3.8) is 0 Å². The second-order valence-corrected chi connectivity index (χ2v) is 5.21. The molecule has 1 aliphatic heterocycles. The summed E-state index contributed by atoms with van der Waals surface area (Å²) >= 11 is 1.65. The first-order valence-electron chi connectivity index (χ1n) is 5.60. The highest BCUT2D eigenvalue weighted by molar-refractivity contribution is 7.16. The van der Waals surface area contributed by atoms with E-state index in [0.717, 1.165) is 41.6 Å². The molecule has 0 saturated heterocycles. The molecular weight excluding hydrogens is 220 g/mol. The maximum Gasteiger partial charge on any atom is 0.166 e. The van der Waals surface area contributed by atoms with Gasteiger partial charge in [-0.1, -0.05) is 6.92 Å². The van der Waals surface area contributed by atoms with Crippen LogP contribution in [-0.2, 0) is 19.4 Å². The van der Waals surface area contributed by atoms with Crippen molar-refractivity contribution < 1.29 is 0 Å². The molecule has 1 aliphatic rings. The van der Waals surface area contributed by atoms with Crippen LogP contribution in [0, 0.1) is 0 Å². The van der Waals surface area contributed by atoms with E-state index >= 15 is 0 Å². The van der Waals surface area contributed by atoms with E-state index in [1.807, 2.05) is 0 Å². The molecule has 0 amide bonds. The normalized spacial score (nSPS) is 14.3. The number of anilines is 1. The van der Waals surface area contributed by atoms with Crippen LogP contribution in [0.3, 0.4) is 0 Å². The summed E-state index contributed by atoms with van der Waals surface area (Å²) in [6, 6.07) is 2.15. The Labute approximate surface area is 98.1 Å². The highest BCUT2D eigenvalue weighted by Gasteiger charge is 2.20. The van der Waals surface area contributed by atoms with Crippen molar-refractivity contribution in [1.82, 2.24) is 14.8 Å².